The number of hydrogen-bond donors (Lipinski definition) is 2. The number of thioether (sulfide) groups is 1. The van der Waals surface area contributed by atoms with Crippen molar-refractivity contribution in [3.8, 4) is 17.2 Å². The summed E-state index contributed by atoms with van der Waals surface area (Å²) in [6.45, 7) is 1.93. The molecular formula is C13H14N6O2S. The topological polar surface area (TPSA) is 116 Å². The Balaban J connectivity index is 1.74. The molecule has 8 nitrogen and oxygen atoms in total. The third-order valence-electron chi connectivity index (χ3n) is 2.89. The molecule has 0 amide bonds. The summed E-state index contributed by atoms with van der Waals surface area (Å²) in [5, 5.41) is 15.1. The molecule has 0 saturated heterocycles. The summed E-state index contributed by atoms with van der Waals surface area (Å²) in [6, 6.07) is 7.41. The number of anilines is 1. The smallest absolute Gasteiger partial charge is 0.247 e. The Hall–Kier alpha value is -2.55. The Morgan fingerprint density at radius 2 is 2.05 bits per heavy atom. The van der Waals surface area contributed by atoms with Crippen molar-refractivity contribution >= 4 is 17.7 Å². The van der Waals surface area contributed by atoms with E-state index in [0.29, 0.717) is 16.9 Å². The molecule has 1 aromatic carbocycles. The maximum absolute atomic E-state index is 5.70. The zero-order valence-electron chi connectivity index (χ0n) is 12.0. The molecule has 0 aliphatic heterocycles. The van der Waals surface area contributed by atoms with Gasteiger partial charge < -0.3 is 14.9 Å². The molecule has 0 unspecified atom stereocenters. The molecule has 0 spiro atoms. The second kappa shape index (κ2) is 6.06. The minimum atomic E-state index is -0.0882. The number of ether oxygens (including phenoxy) is 1. The minimum absolute atomic E-state index is 0.0882. The van der Waals surface area contributed by atoms with E-state index < -0.39 is 0 Å². The van der Waals surface area contributed by atoms with Gasteiger partial charge in [-0.3, -0.25) is 0 Å². The van der Waals surface area contributed by atoms with Crippen LogP contribution < -0.4 is 10.5 Å². The molecular weight excluding hydrogens is 304 g/mol. The second-order valence-corrected chi connectivity index (χ2v) is 5.75. The van der Waals surface area contributed by atoms with Crippen LogP contribution in [-0.4, -0.2) is 32.5 Å². The Morgan fingerprint density at radius 1 is 1.27 bits per heavy atom. The number of H-pyrrole nitrogens is 1. The number of hydrogen-bond acceptors (Lipinski definition) is 8. The quantitative estimate of drug-likeness (QED) is 0.688. The number of benzene rings is 1. The molecule has 0 radical (unpaired) electrons. The van der Waals surface area contributed by atoms with E-state index in [1.807, 2.05) is 31.2 Å². The molecule has 2 aromatic heterocycles. The lowest BCUT2D eigenvalue weighted by Crippen LogP contribution is -1.90. The molecule has 0 aliphatic rings. The molecule has 3 aromatic rings. The Morgan fingerprint density at radius 3 is 2.68 bits per heavy atom. The van der Waals surface area contributed by atoms with Gasteiger partial charge >= 0.3 is 0 Å². The van der Waals surface area contributed by atoms with Crippen LogP contribution in [0.15, 0.2) is 33.8 Å². The van der Waals surface area contributed by atoms with Crippen molar-refractivity contribution in [2.45, 2.75) is 17.3 Å². The average molecular weight is 318 g/mol. The maximum atomic E-state index is 5.70. The van der Waals surface area contributed by atoms with Gasteiger partial charge in [-0.15, -0.1) is 15.3 Å². The van der Waals surface area contributed by atoms with Crippen LogP contribution in [0.5, 0.6) is 5.75 Å². The minimum Gasteiger partial charge on any atom is -0.497 e. The van der Waals surface area contributed by atoms with E-state index in [-0.39, 0.29) is 11.2 Å². The third-order valence-corrected chi connectivity index (χ3v) is 3.84. The summed E-state index contributed by atoms with van der Waals surface area (Å²) in [7, 11) is 1.62. The van der Waals surface area contributed by atoms with E-state index in [4.69, 9.17) is 14.9 Å². The first kappa shape index (κ1) is 14.4. The van der Waals surface area contributed by atoms with Crippen molar-refractivity contribution in [1.29, 1.82) is 0 Å². The first-order chi connectivity index (χ1) is 10.7. The lowest BCUT2D eigenvalue weighted by atomic mass is 10.2. The summed E-state index contributed by atoms with van der Waals surface area (Å²) >= 11 is 1.38. The van der Waals surface area contributed by atoms with Gasteiger partial charge in [0, 0.05) is 5.56 Å². The number of methoxy groups -OCH3 is 1. The highest BCUT2D eigenvalue weighted by molar-refractivity contribution is 7.99. The number of aromatic nitrogens is 5. The summed E-state index contributed by atoms with van der Waals surface area (Å²) < 4.78 is 10.8. The van der Waals surface area contributed by atoms with E-state index in [1.165, 1.54) is 11.8 Å². The van der Waals surface area contributed by atoms with Crippen molar-refractivity contribution in [1.82, 2.24) is 25.4 Å². The van der Waals surface area contributed by atoms with E-state index in [1.54, 1.807) is 7.11 Å². The van der Waals surface area contributed by atoms with Gasteiger partial charge in [0.05, 0.1) is 12.4 Å². The van der Waals surface area contributed by atoms with E-state index in [9.17, 15) is 0 Å². The number of rotatable bonds is 5. The molecule has 3 rings (SSSR count). The molecule has 0 aliphatic carbocycles. The van der Waals surface area contributed by atoms with Crippen molar-refractivity contribution in [3.63, 3.8) is 0 Å². The number of nitrogens with one attached hydrogen (secondary N) is 1. The summed E-state index contributed by atoms with van der Waals surface area (Å²) in [6.07, 6.45) is 0. The summed E-state index contributed by atoms with van der Waals surface area (Å²) in [5.74, 6) is 2.01. The second-order valence-electron chi connectivity index (χ2n) is 4.44. The van der Waals surface area contributed by atoms with Crippen molar-refractivity contribution < 1.29 is 9.15 Å². The molecule has 0 fully saturated rings. The number of nitrogen functional groups attached to an aromatic ring is 1. The van der Waals surface area contributed by atoms with Gasteiger partial charge in [-0.1, -0.05) is 11.8 Å². The molecule has 3 N–H and O–H groups in total. The van der Waals surface area contributed by atoms with Gasteiger partial charge in [-0.2, -0.15) is 4.98 Å². The molecule has 2 heterocycles. The van der Waals surface area contributed by atoms with Gasteiger partial charge in [0.1, 0.15) is 5.75 Å². The molecule has 114 valence electrons. The van der Waals surface area contributed by atoms with Crippen molar-refractivity contribution in [2.24, 2.45) is 0 Å². The largest absolute Gasteiger partial charge is 0.497 e. The predicted octanol–water partition coefficient (Wildman–Crippen LogP) is 2.30. The van der Waals surface area contributed by atoms with Gasteiger partial charge in [-0.25, -0.2) is 5.10 Å². The third kappa shape index (κ3) is 3.03. The van der Waals surface area contributed by atoms with E-state index in [0.717, 1.165) is 11.3 Å². The fourth-order valence-corrected chi connectivity index (χ4v) is 2.53. The number of aromatic amines is 1. The molecule has 1 atom stereocenters. The number of nitrogens with two attached hydrogens (primary N) is 1. The van der Waals surface area contributed by atoms with E-state index in [2.05, 4.69) is 25.4 Å². The van der Waals surface area contributed by atoms with Gasteiger partial charge in [0.2, 0.25) is 22.9 Å². The lowest BCUT2D eigenvalue weighted by Gasteiger charge is -2.02. The Bertz CT molecular complexity index is 754. The van der Waals surface area contributed by atoms with Gasteiger partial charge in [0.25, 0.3) is 0 Å². The Kier molecular flexibility index (Phi) is 3.96. The first-order valence-electron chi connectivity index (χ1n) is 6.48. The summed E-state index contributed by atoms with van der Waals surface area (Å²) in [5.41, 5.74) is 6.32. The highest BCUT2D eigenvalue weighted by Crippen LogP contribution is 2.33. The SMILES string of the molecule is COc1ccc(-c2nnc([C@@H](C)Sc3n[nH]c(N)n3)o2)cc1. The van der Waals surface area contributed by atoms with Crippen molar-refractivity contribution in [3.05, 3.63) is 30.2 Å². The first-order valence-corrected chi connectivity index (χ1v) is 7.36. The zero-order chi connectivity index (χ0) is 15.5. The predicted molar refractivity (Wildman–Crippen MR) is 81.4 cm³/mol. The molecule has 0 saturated carbocycles. The van der Waals surface area contributed by atoms with Gasteiger partial charge in [-0.05, 0) is 31.2 Å². The monoisotopic (exact) mass is 318 g/mol. The summed E-state index contributed by atoms with van der Waals surface area (Å²) in [4.78, 5) is 4.03. The molecule has 22 heavy (non-hydrogen) atoms. The van der Waals surface area contributed by atoms with Gasteiger partial charge in [0.15, 0.2) is 0 Å². The Labute approximate surface area is 130 Å². The van der Waals surface area contributed by atoms with Crippen molar-refractivity contribution in [2.75, 3.05) is 12.8 Å². The van der Waals surface area contributed by atoms with E-state index >= 15 is 0 Å². The van der Waals surface area contributed by atoms with Crippen LogP contribution >= 0.6 is 11.8 Å². The fourth-order valence-electron chi connectivity index (χ4n) is 1.77. The number of nitrogens with zero attached hydrogens (tertiary/aromatic N) is 4. The normalized spacial score (nSPS) is 12.3. The molecule has 9 heteroatoms. The van der Waals surface area contributed by atoms with Crippen LogP contribution in [0.4, 0.5) is 5.95 Å². The average Bonchev–Trinajstić information content (AvgIpc) is 3.17. The highest BCUT2D eigenvalue weighted by Gasteiger charge is 2.18. The van der Waals surface area contributed by atoms with Crippen LogP contribution in [0.25, 0.3) is 11.5 Å². The highest BCUT2D eigenvalue weighted by atomic mass is 32.2. The van der Waals surface area contributed by atoms with Crippen LogP contribution in [0.1, 0.15) is 18.1 Å². The van der Waals surface area contributed by atoms with Crippen LogP contribution in [0, 0.1) is 0 Å². The lowest BCUT2D eigenvalue weighted by molar-refractivity contribution is 0.415. The zero-order valence-corrected chi connectivity index (χ0v) is 12.8. The standard InChI is InChI=1S/C13H14N6O2S/c1-7(22-13-15-12(14)18-19-13)10-16-17-11(21-10)8-3-5-9(20-2)6-4-8/h3-7H,1-2H3,(H3,14,15,18,19)/t7-/m1/s1. The van der Waals surface area contributed by atoms with Crippen LogP contribution in [-0.2, 0) is 0 Å². The molecule has 0 bridgehead atoms. The van der Waals surface area contributed by atoms with Crippen LogP contribution in [0.3, 0.4) is 0 Å². The fraction of sp³-hybridized carbons (Fsp3) is 0.231. The maximum Gasteiger partial charge on any atom is 0.247 e. The van der Waals surface area contributed by atoms with Crippen LogP contribution in [0.2, 0.25) is 0 Å².